The van der Waals surface area contributed by atoms with Crippen molar-refractivity contribution in [3.8, 4) is 0 Å². The number of nitrogens with zero attached hydrogens (tertiary/aromatic N) is 4. The van der Waals surface area contributed by atoms with Crippen molar-refractivity contribution in [3.05, 3.63) is 11.9 Å². The zero-order chi connectivity index (χ0) is 16.2. The maximum atomic E-state index is 6.04. The van der Waals surface area contributed by atoms with E-state index in [1.54, 1.807) is 14.2 Å². The molecule has 2 aromatic rings. The summed E-state index contributed by atoms with van der Waals surface area (Å²) in [7, 11) is 3.33. The van der Waals surface area contributed by atoms with Gasteiger partial charge in [-0.15, -0.1) is 0 Å². The van der Waals surface area contributed by atoms with Crippen LogP contribution in [0.4, 0.5) is 11.5 Å². The fourth-order valence-corrected chi connectivity index (χ4v) is 2.84. The molecule has 0 amide bonds. The van der Waals surface area contributed by atoms with Crippen LogP contribution in [0.1, 0.15) is 5.82 Å². The van der Waals surface area contributed by atoms with Crippen molar-refractivity contribution in [2.24, 2.45) is 0 Å². The van der Waals surface area contributed by atoms with E-state index >= 15 is 0 Å². The Kier molecular flexibility index (Phi) is 4.94. The van der Waals surface area contributed by atoms with Gasteiger partial charge in [-0.3, -0.25) is 0 Å². The van der Waals surface area contributed by atoms with E-state index in [0.717, 1.165) is 35.8 Å². The molecule has 126 valence electrons. The highest BCUT2D eigenvalue weighted by molar-refractivity contribution is 5.88. The number of fused-ring (bicyclic) bond motifs is 1. The molecule has 2 N–H and O–H groups in total. The molecular formula is C15H23N5O3. The highest BCUT2D eigenvalue weighted by atomic mass is 16.5. The maximum Gasteiger partial charge on any atom is 0.164 e. The summed E-state index contributed by atoms with van der Waals surface area (Å²) < 4.78 is 17.9. The van der Waals surface area contributed by atoms with Crippen LogP contribution in [0.3, 0.4) is 0 Å². The molecule has 2 aromatic heterocycles. The van der Waals surface area contributed by atoms with E-state index in [1.807, 2.05) is 10.6 Å². The van der Waals surface area contributed by atoms with Crippen molar-refractivity contribution in [1.82, 2.24) is 14.5 Å². The minimum atomic E-state index is 0.419. The first kappa shape index (κ1) is 16.0. The van der Waals surface area contributed by atoms with Crippen LogP contribution in [0.15, 0.2) is 6.07 Å². The zero-order valence-corrected chi connectivity index (χ0v) is 13.6. The third-order valence-corrected chi connectivity index (χ3v) is 3.93. The number of aromatic nitrogens is 3. The van der Waals surface area contributed by atoms with E-state index in [4.69, 9.17) is 24.9 Å². The third-order valence-electron chi connectivity index (χ3n) is 3.93. The molecule has 0 atom stereocenters. The van der Waals surface area contributed by atoms with Crippen LogP contribution in [-0.4, -0.2) is 61.7 Å². The van der Waals surface area contributed by atoms with Crippen LogP contribution < -0.4 is 10.6 Å². The molecule has 0 bridgehead atoms. The van der Waals surface area contributed by atoms with Gasteiger partial charge >= 0.3 is 0 Å². The van der Waals surface area contributed by atoms with Crippen LogP contribution in [0.5, 0.6) is 0 Å². The average molecular weight is 321 g/mol. The van der Waals surface area contributed by atoms with Crippen molar-refractivity contribution < 1.29 is 14.2 Å². The molecule has 1 fully saturated rings. The molecule has 1 saturated heterocycles. The Morgan fingerprint density at radius 1 is 1.22 bits per heavy atom. The lowest BCUT2D eigenvalue weighted by molar-refractivity contribution is 0.123. The molecule has 0 aliphatic carbocycles. The van der Waals surface area contributed by atoms with Gasteiger partial charge in [-0.1, -0.05) is 0 Å². The van der Waals surface area contributed by atoms with Gasteiger partial charge in [0.2, 0.25) is 0 Å². The molecule has 0 spiro atoms. The van der Waals surface area contributed by atoms with Crippen molar-refractivity contribution in [3.63, 3.8) is 0 Å². The minimum absolute atomic E-state index is 0.419. The second kappa shape index (κ2) is 7.12. The van der Waals surface area contributed by atoms with Gasteiger partial charge in [-0.05, 0) is 0 Å². The first-order chi connectivity index (χ1) is 11.2. The standard InChI is InChI=1S/C15H23N5O3/c1-21-6-5-20-13(10-22-2)18-14-11(9-12(16)17-15(14)20)19-3-7-23-8-4-19/h9H,3-8,10H2,1-2H3,(H2,16,17). The second-order valence-corrected chi connectivity index (χ2v) is 5.44. The number of methoxy groups -OCH3 is 2. The van der Waals surface area contributed by atoms with Gasteiger partial charge in [0.15, 0.2) is 5.65 Å². The summed E-state index contributed by atoms with van der Waals surface area (Å²) in [4.78, 5) is 11.5. The molecule has 8 heteroatoms. The molecule has 0 aromatic carbocycles. The van der Waals surface area contributed by atoms with Crippen LogP contribution in [0.25, 0.3) is 11.2 Å². The monoisotopic (exact) mass is 321 g/mol. The molecule has 0 unspecified atom stereocenters. The smallest absolute Gasteiger partial charge is 0.164 e. The summed E-state index contributed by atoms with van der Waals surface area (Å²) in [6.07, 6.45) is 0. The number of imidazole rings is 1. The number of nitrogen functional groups attached to an aromatic ring is 1. The minimum Gasteiger partial charge on any atom is -0.384 e. The van der Waals surface area contributed by atoms with Crippen LogP contribution >= 0.6 is 0 Å². The van der Waals surface area contributed by atoms with Gasteiger partial charge in [0.25, 0.3) is 0 Å². The Labute approximate surface area is 135 Å². The molecule has 3 heterocycles. The number of rotatable bonds is 6. The lowest BCUT2D eigenvalue weighted by Crippen LogP contribution is -2.36. The summed E-state index contributed by atoms with van der Waals surface area (Å²) in [6, 6.07) is 1.89. The van der Waals surface area contributed by atoms with E-state index in [1.165, 1.54) is 0 Å². The SMILES string of the molecule is COCCn1c(COC)nc2c(N3CCOCC3)cc(N)nc21. The second-order valence-electron chi connectivity index (χ2n) is 5.44. The van der Waals surface area contributed by atoms with Gasteiger partial charge in [0.05, 0.1) is 25.5 Å². The maximum absolute atomic E-state index is 6.04. The van der Waals surface area contributed by atoms with E-state index in [2.05, 4.69) is 9.88 Å². The Hall–Kier alpha value is -1.90. The molecule has 8 nitrogen and oxygen atoms in total. The van der Waals surface area contributed by atoms with E-state index in [-0.39, 0.29) is 0 Å². The fourth-order valence-electron chi connectivity index (χ4n) is 2.84. The van der Waals surface area contributed by atoms with Crippen LogP contribution in [0, 0.1) is 0 Å². The summed E-state index contributed by atoms with van der Waals surface area (Å²) in [5, 5.41) is 0. The largest absolute Gasteiger partial charge is 0.384 e. The zero-order valence-electron chi connectivity index (χ0n) is 13.6. The fraction of sp³-hybridized carbons (Fsp3) is 0.600. The highest BCUT2D eigenvalue weighted by Gasteiger charge is 2.21. The molecule has 1 aliphatic heterocycles. The Balaban J connectivity index is 2.09. The van der Waals surface area contributed by atoms with Gasteiger partial charge in [-0.2, -0.15) is 0 Å². The van der Waals surface area contributed by atoms with Gasteiger partial charge in [0.1, 0.15) is 23.8 Å². The first-order valence-electron chi connectivity index (χ1n) is 7.70. The van der Waals surface area contributed by atoms with Gasteiger partial charge in [-0.25, -0.2) is 9.97 Å². The molecular weight excluding hydrogens is 298 g/mol. The summed E-state index contributed by atoms with van der Waals surface area (Å²) in [5.74, 6) is 1.31. The van der Waals surface area contributed by atoms with Crippen molar-refractivity contribution in [1.29, 1.82) is 0 Å². The Morgan fingerprint density at radius 2 is 2.00 bits per heavy atom. The predicted octanol–water partition coefficient (Wildman–Crippen LogP) is 0.643. The molecule has 3 rings (SSSR count). The summed E-state index contributed by atoms with van der Waals surface area (Å²) in [6.45, 7) is 4.71. The van der Waals surface area contributed by atoms with Gasteiger partial charge in [0, 0.05) is 39.9 Å². The molecule has 23 heavy (non-hydrogen) atoms. The van der Waals surface area contributed by atoms with Crippen LogP contribution in [0.2, 0.25) is 0 Å². The Morgan fingerprint density at radius 3 is 2.70 bits per heavy atom. The normalized spacial score (nSPS) is 15.5. The molecule has 0 saturated carbocycles. The number of anilines is 2. The van der Waals surface area contributed by atoms with Crippen molar-refractivity contribution in [2.75, 3.05) is 57.8 Å². The van der Waals surface area contributed by atoms with E-state index < -0.39 is 0 Å². The predicted molar refractivity (Wildman–Crippen MR) is 87.6 cm³/mol. The number of morpholine rings is 1. The van der Waals surface area contributed by atoms with Crippen LogP contribution in [-0.2, 0) is 27.4 Å². The number of pyridine rings is 1. The molecule has 1 aliphatic rings. The number of ether oxygens (including phenoxy) is 3. The summed E-state index contributed by atoms with van der Waals surface area (Å²) >= 11 is 0. The lowest BCUT2D eigenvalue weighted by Gasteiger charge is -2.29. The average Bonchev–Trinajstić information content (AvgIpc) is 2.90. The topological polar surface area (TPSA) is 87.7 Å². The van der Waals surface area contributed by atoms with E-state index in [0.29, 0.717) is 38.8 Å². The third kappa shape index (κ3) is 3.24. The number of hydrogen-bond acceptors (Lipinski definition) is 7. The summed E-state index contributed by atoms with van der Waals surface area (Å²) in [5.41, 5.74) is 8.67. The Bertz CT molecular complexity index is 667. The van der Waals surface area contributed by atoms with E-state index in [9.17, 15) is 0 Å². The number of hydrogen-bond donors (Lipinski definition) is 1. The van der Waals surface area contributed by atoms with Crippen molar-refractivity contribution in [2.45, 2.75) is 13.2 Å². The first-order valence-corrected chi connectivity index (χ1v) is 7.70. The molecule has 0 radical (unpaired) electrons. The van der Waals surface area contributed by atoms with Gasteiger partial charge < -0.3 is 29.4 Å². The number of nitrogens with two attached hydrogens (primary N) is 1. The van der Waals surface area contributed by atoms with Crippen molar-refractivity contribution >= 4 is 22.7 Å². The highest BCUT2D eigenvalue weighted by Crippen LogP contribution is 2.29. The quantitative estimate of drug-likeness (QED) is 0.835. The lowest BCUT2D eigenvalue weighted by atomic mass is 10.3.